The molecular formula is C13H13N5. The highest BCUT2D eigenvalue weighted by Crippen LogP contribution is 2.15. The number of nitrogens with one attached hydrogen (secondary N) is 2. The van der Waals surface area contributed by atoms with Crippen LogP contribution in [0.15, 0.2) is 24.4 Å². The standard InChI is InChI=1S/C13H13N5/c14-6-9-1-2-10-7-16-13(18-12(10)5-9)17-11-3-4-15-8-11/h1-2,5,7,11,15H,3-4,8H2,(H,16,17,18)/t11-/m0/s1. The van der Waals surface area contributed by atoms with Gasteiger partial charge in [0.15, 0.2) is 0 Å². The van der Waals surface area contributed by atoms with Gasteiger partial charge in [-0.2, -0.15) is 5.26 Å². The van der Waals surface area contributed by atoms with Crippen LogP contribution in [0.25, 0.3) is 10.9 Å². The number of hydrogen-bond donors (Lipinski definition) is 2. The van der Waals surface area contributed by atoms with Crippen LogP contribution in [0.2, 0.25) is 0 Å². The van der Waals surface area contributed by atoms with Gasteiger partial charge in [0, 0.05) is 24.2 Å². The molecule has 0 radical (unpaired) electrons. The molecule has 18 heavy (non-hydrogen) atoms. The van der Waals surface area contributed by atoms with E-state index in [1.807, 2.05) is 6.07 Å². The van der Waals surface area contributed by atoms with Gasteiger partial charge in [0.1, 0.15) is 0 Å². The number of hydrogen-bond acceptors (Lipinski definition) is 5. The normalized spacial score (nSPS) is 18.7. The Morgan fingerprint density at radius 3 is 3.17 bits per heavy atom. The smallest absolute Gasteiger partial charge is 0.223 e. The third-order valence-electron chi connectivity index (χ3n) is 3.11. The average Bonchev–Trinajstić information content (AvgIpc) is 2.90. The van der Waals surface area contributed by atoms with E-state index in [1.165, 1.54) is 0 Å². The lowest BCUT2D eigenvalue weighted by Gasteiger charge is -2.11. The molecule has 1 aromatic carbocycles. The molecule has 1 aliphatic rings. The molecule has 1 atom stereocenters. The van der Waals surface area contributed by atoms with E-state index >= 15 is 0 Å². The van der Waals surface area contributed by atoms with E-state index < -0.39 is 0 Å². The zero-order chi connectivity index (χ0) is 12.4. The van der Waals surface area contributed by atoms with Crippen LogP contribution >= 0.6 is 0 Å². The summed E-state index contributed by atoms with van der Waals surface area (Å²) in [6, 6.07) is 7.95. The van der Waals surface area contributed by atoms with Crippen LogP contribution in [0.4, 0.5) is 5.95 Å². The van der Waals surface area contributed by atoms with Crippen molar-refractivity contribution < 1.29 is 0 Å². The van der Waals surface area contributed by atoms with Gasteiger partial charge in [-0.3, -0.25) is 0 Å². The summed E-state index contributed by atoms with van der Waals surface area (Å²) >= 11 is 0. The molecule has 2 aromatic rings. The van der Waals surface area contributed by atoms with E-state index in [2.05, 4.69) is 26.7 Å². The van der Waals surface area contributed by atoms with Crippen molar-refractivity contribution in [2.75, 3.05) is 18.4 Å². The molecule has 5 heteroatoms. The molecule has 0 unspecified atom stereocenters. The van der Waals surface area contributed by atoms with E-state index in [1.54, 1.807) is 18.3 Å². The van der Waals surface area contributed by atoms with Crippen molar-refractivity contribution in [1.82, 2.24) is 15.3 Å². The number of fused-ring (bicyclic) bond motifs is 1. The maximum atomic E-state index is 8.88. The lowest BCUT2D eigenvalue weighted by Crippen LogP contribution is -2.23. The summed E-state index contributed by atoms with van der Waals surface area (Å²) in [4.78, 5) is 8.74. The topological polar surface area (TPSA) is 73.6 Å². The molecule has 3 rings (SSSR count). The summed E-state index contributed by atoms with van der Waals surface area (Å²) in [6.45, 7) is 1.98. The molecule has 1 aliphatic heterocycles. The number of rotatable bonds is 2. The minimum atomic E-state index is 0.390. The highest BCUT2D eigenvalue weighted by atomic mass is 15.1. The second-order valence-corrected chi connectivity index (χ2v) is 4.41. The van der Waals surface area contributed by atoms with Gasteiger partial charge in [0.25, 0.3) is 0 Å². The fourth-order valence-electron chi connectivity index (χ4n) is 2.12. The average molecular weight is 239 g/mol. The monoisotopic (exact) mass is 239 g/mol. The van der Waals surface area contributed by atoms with Crippen LogP contribution in [0.1, 0.15) is 12.0 Å². The molecule has 5 nitrogen and oxygen atoms in total. The van der Waals surface area contributed by atoms with Gasteiger partial charge >= 0.3 is 0 Å². The molecule has 1 fully saturated rings. The molecule has 0 bridgehead atoms. The van der Waals surface area contributed by atoms with Gasteiger partial charge in [0.05, 0.1) is 17.1 Å². The van der Waals surface area contributed by atoms with Crippen molar-refractivity contribution in [2.45, 2.75) is 12.5 Å². The minimum absolute atomic E-state index is 0.390. The SMILES string of the molecule is N#Cc1ccc2cnc(N[C@H]3CCNC3)nc2c1. The Morgan fingerprint density at radius 2 is 2.39 bits per heavy atom. The van der Waals surface area contributed by atoms with Crippen molar-refractivity contribution in [3.8, 4) is 6.07 Å². The van der Waals surface area contributed by atoms with Crippen molar-refractivity contribution in [1.29, 1.82) is 5.26 Å². The quantitative estimate of drug-likeness (QED) is 0.825. The van der Waals surface area contributed by atoms with Crippen LogP contribution in [0, 0.1) is 11.3 Å². The van der Waals surface area contributed by atoms with Crippen LogP contribution in [-0.2, 0) is 0 Å². The van der Waals surface area contributed by atoms with Gasteiger partial charge in [-0.15, -0.1) is 0 Å². The molecule has 0 spiro atoms. The van der Waals surface area contributed by atoms with E-state index in [0.29, 0.717) is 17.6 Å². The van der Waals surface area contributed by atoms with Crippen LogP contribution in [0.5, 0.6) is 0 Å². The fourth-order valence-corrected chi connectivity index (χ4v) is 2.12. The Labute approximate surface area is 105 Å². The van der Waals surface area contributed by atoms with Gasteiger partial charge in [0.2, 0.25) is 5.95 Å². The number of nitrogens with zero attached hydrogens (tertiary/aromatic N) is 3. The summed E-state index contributed by atoms with van der Waals surface area (Å²) in [5, 5.41) is 16.4. The first kappa shape index (κ1) is 10.9. The molecule has 0 aliphatic carbocycles. The van der Waals surface area contributed by atoms with Crippen LogP contribution < -0.4 is 10.6 Å². The van der Waals surface area contributed by atoms with E-state index in [4.69, 9.17) is 5.26 Å². The lowest BCUT2D eigenvalue weighted by atomic mass is 10.2. The summed E-state index contributed by atoms with van der Waals surface area (Å²) in [5.41, 5.74) is 1.42. The first-order valence-electron chi connectivity index (χ1n) is 5.99. The molecule has 1 saturated heterocycles. The van der Waals surface area contributed by atoms with Crippen LogP contribution in [0.3, 0.4) is 0 Å². The second kappa shape index (κ2) is 4.59. The van der Waals surface area contributed by atoms with Gasteiger partial charge in [-0.1, -0.05) is 0 Å². The van der Waals surface area contributed by atoms with Crippen molar-refractivity contribution in [3.63, 3.8) is 0 Å². The fraction of sp³-hybridized carbons (Fsp3) is 0.308. The third-order valence-corrected chi connectivity index (χ3v) is 3.11. The Hall–Kier alpha value is -2.19. The zero-order valence-corrected chi connectivity index (χ0v) is 9.85. The Balaban J connectivity index is 1.91. The summed E-state index contributed by atoms with van der Waals surface area (Å²) in [6.07, 6.45) is 2.87. The van der Waals surface area contributed by atoms with Crippen molar-refractivity contribution in [3.05, 3.63) is 30.0 Å². The molecule has 2 heterocycles. The predicted molar refractivity (Wildman–Crippen MR) is 69.2 cm³/mol. The maximum Gasteiger partial charge on any atom is 0.223 e. The van der Waals surface area contributed by atoms with Crippen molar-refractivity contribution in [2.24, 2.45) is 0 Å². The highest BCUT2D eigenvalue weighted by molar-refractivity contribution is 5.80. The van der Waals surface area contributed by atoms with Gasteiger partial charge < -0.3 is 10.6 Å². The highest BCUT2D eigenvalue weighted by Gasteiger charge is 2.14. The zero-order valence-electron chi connectivity index (χ0n) is 9.85. The molecule has 0 amide bonds. The molecule has 2 N–H and O–H groups in total. The van der Waals surface area contributed by atoms with E-state index in [-0.39, 0.29) is 0 Å². The Morgan fingerprint density at radius 1 is 1.44 bits per heavy atom. The van der Waals surface area contributed by atoms with Gasteiger partial charge in [-0.05, 0) is 31.2 Å². The number of nitriles is 1. The first-order chi connectivity index (χ1) is 8.85. The summed E-state index contributed by atoms with van der Waals surface area (Å²) in [7, 11) is 0. The second-order valence-electron chi connectivity index (χ2n) is 4.41. The minimum Gasteiger partial charge on any atom is -0.350 e. The third kappa shape index (κ3) is 2.11. The van der Waals surface area contributed by atoms with Gasteiger partial charge in [-0.25, -0.2) is 9.97 Å². The maximum absolute atomic E-state index is 8.88. The van der Waals surface area contributed by atoms with Crippen LogP contribution in [-0.4, -0.2) is 29.1 Å². The number of benzene rings is 1. The molecular weight excluding hydrogens is 226 g/mol. The van der Waals surface area contributed by atoms with E-state index in [0.717, 1.165) is 30.4 Å². The molecule has 0 saturated carbocycles. The predicted octanol–water partition coefficient (Wildman–Crippen LogP) is 1.28. The number of anilines is 1. The Bertz CT molecular complexity index is 610. The summed E-state index contributed by atoms with van der Waals surface area (Å²) < 4.78 is 0. The summed E-state index contributed by atoms with van der Waals surface area (Å²) in [5.74, 6) is 0.631. The van der Waals surface area contributed by atoms with E-state index in [9.17, 15) is 0 Å². The molecule has 90 valence electrons. The number of aromatic nitrogens is 2. The largest absolute Gasteiger partial charge is 0.350 e. The first-order valence-corrected chi connectivity index (χ1v) is 5.99. The van der Waals surface area contributed by atoms with Crippen molar-refractivity contribution >= 4 is 16.9 Å². The Kier molecular flexibility index (Phi) is 2.79. The molecule has 1 aromatic heterocycles. The lowest BCUT2D eigenvalue weighted by molar-refractivity contribution is 0.782.